The number of nitro benzene ring substituents is 1. The molecule has 3 aromatic rings. The largest absolute Gasteiger partial charge is 0.493 e. The van der Waals surface area contributed by atoms with Crippen molar-refractivity contribution in [3.63, 3.8) is 0 Å². The lowest BCUT2D eigenvalue weighted by molar-refractivity contribution is -0.384. The van der Waals surface area contributed by atoms with E-state index in [0.717, 1.165) is 0 Å². The number of hydrogen-bond acceptors (Lipinski definition) is 8. The lowest BCUT2D eigenvalue weighted by Gasteiger charge is -2.10. The zero-order valence-corrected chi connectivity index (χ0v) is 21.8. The van der Waals surface area contributed by atoms with E-state index in [1.807, 2.05) is 0 Å². The first-order chi connectivity index (χ1) is 18.3. The molecular formula is C26H23BrN4O7. The quantitative estimate of drug-likeness (QED) is 0.0856. The number of benzene rings is 3. The molecule has 0 bridgehead atoms. The summed E-state index contributed by atoms with van der Waals surface area (Å²) in [5.41, 5.74) is 3.55. The van der Waals surface area contributed by atoms with Gasteiger partial charge in [-0.1, -0.05) is 12.1 Å². The highest BCUT2D eigenvalue weighted by molar-refractivity contribution is 9.10. The second-order valence-electron chi connectivity index (χ2n) is 7.74. The molecule has 0 heterocycles. The molecule has 2 amide bonds. The average Bonchev–Trinajstić information content (AvgIpc) is 2.92. The number of amides is 2. The molecule has 38 heavy (non-hydrogen) atoms. The van der Waals surface area contributed by atoms with Crippen molar-refractivity contribution in [1.29, 1.82) is 0 Å². The Morgan fingerprint density at radius 2 is 1.79 bits per heavy atom. The van der Waals surface area contributed by atoms with Crippen LogP contribution in [0, 0.1) is 10.1 Å². The fourth-order valence-electron chi connectivity index (χ4n) is 3.15. The molecule has 0 aliphatic carbocycles. The molecule has 0 aromatic heterocycles. The van der Waals surface area contributed by atoms with E-state index < -0.39 is 16.8 Å². The van der Waals surface area contributed by atoms with Crippen LogP contribution >= 0.6 is 15.9 Å². The van der Waals surface area contributed by atoms with E-state index in [-0.39, 0.29) is 35.9 Å². The third-order valence-corrected chi connectivity index (χ3v) is 5.78. The highest BCUT2D eigenvalue weighted by Gasteiger charge is 2.15. The summed E-state index contributed by atoms with van der Waals surface area (Å²) in [7, 11) is 1.44. The van der Waals surface area contributed by atoms with Crippen LogP contribution in [0.5, 0.6) is 11.5 Å². The predicted octanol–water partition coefficient (Wildman–Crippen LogP) is 4.25. The number of rotatable bonds is 11. The summed E-state index contributed by atoms with van der Waals surface area (Å²) < 4.78 is 11.4. The minimum Gasteiger partial charge on any atom is -0.493 e. The Balaban J connectivity index is 1.44. The molecule has 3 aromatic carbocycles. The lowest BCUT2D eigenvalue weighted by Crippen LogP contribution is -2.26. The maximum atomic E-state index is 12.5. The van der Waals surface area contributed by atoms with Crippen molar-refractivity contribution in [3.05, 3.63) is 98.0 Å². The van der Waals surface area contributed by atoms with Gasteiger partial charge in [0.05, 0.1) is 23.8 Å². The molecule has 11 nitrogen and oxygen atoms in total. The predicted molar refractivity (Wildman–Crippen MR) is 142 cm³/mol. The van der Waals surface area contributed by atoms with Crippen LogP contribution in [0.1, 0.15) is 39.1 Å². The molecular weight excluding hydrogens is 560 g/mol. The molecule has 0 radical (unpaired) electrons. The van der Waals surface area contributed by atoms with Crippen molar-refractivity contribution in [2.75, 3.05) is 13.7 Å². The van der Waals surface area contributed by atoms with Crippen LogP contribution in [0.15, 0.2) is 76.3 Å². The van der Waals surface area contributed by atoms with Crippen molar-refractivity contribution in [3.8, 4) is 11.5 Å². The molecule has 0 spiro atoms. The average molecular weight is 583 g/mol. The van der Waals surface area contributed by atoms with Gasteiger partial charge in [-0.15, -0.1) is 0 Å². The van der Waals surface area contributed by atoms with Gasteiger partial charge in [-0.25, -0.2) is 10.2 Å². The number of non-ortho nitro benzene ring substituents is 1. The maximum Gasteiger partial charge on any atom is 0.344 e. The topological polar surface area (TPSA) is 149 Å². The highest BCUT2D eigenvalue weighted by atomic mass is 79.9. The molecule has 0 saturated carbocycles. The molecule has 0 aliphatic rings. The summed E-state index contributed by atoms with van der Waals surface area (Å²) in [5.74, 6) is -0.752. The van der Waals surface area contributed by atoms with E-state index in [0.29, 0.717) is 27.8 Å². The summed E-state index contributed by atoms with van der Waals surface area (Å²) in [5, 5.41) is 17.2. The van der Waals surface area contributed by atoms with Gasteiger partial charge < -0.3 is 14.8 Å². The first kappa shape index (κ1) is 28.0. The SMILES string of the molecule is COc1cc(C=NNC(=O)CCCNC(=O)c2ccc([N+](=O)[O-])cc2)ccc1OC(=O)c1ccccc1Br. The molecule has 12 heteroatoms. The Labute approximate surface area is 226 Å². The van der Waals surface area contributed by atoms with E-state index in [4.69, 9.17) is 9.47 Å². The summed E-state index contributed by atoms with van der Waals surface area (Å²) in [4.78, 5) is 46.7. The Kier molecular flexibility index (Phi) is 10.1. The maximum absolute atomic E-state index is 12.5. The minimum absolute atomic E-state index is 0.104. The van der Waals surface area contributed by atoms with E-state index in [1.54, 1.807) is 42.5 Å². The second-order valence-corrected chi connectivity index (χ2v) is 8.59. The molecule has 0 atom stereocenters. The Morgan fingerprint density at radius 1 is 1.05 bits per heavy atom. The van der Waals surface area contributed by atoms with Crippen LogP contribution in [-0.2, 0) is 4.79 Å². The fraction of sp³-hybridized carbons (Fsp3) is 0.154. The number of methoxy groups -OCH3 is 1. The number of nitrogens with one attached hydrogen (secondary N) is 2. The molecule has 0 unspecified atom stereocenters. The normalized spacial score (nSPS) is 10.6. The van der Waals surface area contributed by atoms with Crippen LogP contribution in [0.25, 0.3) is 0 Å². The standard InChI is InChI=1S/C26H23BrN4O7/c1-37-23-15-17(8-13-22(23)38-26(34)20-5-2-3-6-21(20)27)16-29-30-24(32)7-4-14-28-25(33)18-9-11-19(12-10-18)31(35)36/h2-3,5-6,8-13,15-16H,4,7,14H2,1H3,(H,28,33)(H,30,32). The monoisotopic (exact) mass is 582 g/mol. The summed E-state index contributed by atoms with van der Waals surface area (Å²) in [6, 6.07) is 16.9. The van der Waals surface area contributed by atoms with Gasteiger partial charge in [0, 0.05) is 35.1 Å². The van der Waals surface area contributed by atoms with Crippen molar-refractivity contribution in [2.24, 2.45) is 5.10 Å². The molecule has 196 valence electrons. The van der Waals surface area contributed by atoms with Gasteiger partial charge in [-0.05, 0) is 70.4 Å². The third-order valence-electron chi connectivity index (χ3n) is 5.09. The molecule has 2 N–H and O–H groups in total. The summed E-state index contributed by atoms with van der Waals surface area (Å²) >= 11 is 3.32. The van der Waals surface area contributed by atoms with Gasteiger partial charge in [0.1, 0.15) is 0 Å². The smallest absolute Gasteiger partial charge is 0.344 e. The van der Waals surface area contributed by atoms with Crippen molar-refractivity contribution in [1.82, 2.24) is 10.7 Å². The molecule has 0 aliphatic heterocycles. The van der Waals surface area contributed by atoms with Crippen LogP contribution in [-0.4, -0.2) is 42.6 Å². The van der Waals surface area contributed by atoms with E-state index in [1.165, 1.54) is 37.6 Å². The number of ether oxygens (including phenoxy) is 2. The third kappa shape index (κ3) is 7.96. The molecule has 0 saturated heterocycles. The van der Waals surface area contributed by atoms with Crippen LogP contribution < -0.4 is 20.2 Å². The van der Waals surface area contributed by atoms with Gasteiger partial charge in [-0.3, -0.25) is 19.7 Å². The number of carbonyl (C=O) groups excluding carboxylic acids is 3. The van der Waals surface area contributed by atoms with Gasteiger partial charge in [0.2, 0.25) is 5.91 Å². The van der Waals surface area contributed by atoms with Crippen LogP contribution in [0.4, 0.5) is 5.69 Å². The van der Waals surface area contributed by atoms with E-state index in [2.05, 4.69) is 31.8 Å². The number of esters is 1. The van der Waals surface area contributed by atoms with Gasteiger partial charge in [0.25, 0.3) is 11.6 Å². The summed E-state index contributed by atoms with van der Waals surface area (Å²) in [6.45, 7) is 0.240. The van der Waals surface area contributed by atoms with Gasteiger partial charge in [-0.2, -0.15) is 5.10 Å². The van der Waals surface area contributed by atoms with Crippen molar-refractivity contribution < 1.29 is 28.8 Å². The Morgan fingerprint density at radius 3 is 2.47 bits per heavy atom. The number of hydrogen-bond donors (Lipinski definition) is 2. The number of nitro groups is 1. The molecule has 0 fully saturated rings. The first-order valence-corrected chi connectivity index (χ1v) is 12.1. The van der Waals surface area contributed by atoms with E-state index in [9.17, 15) is 24.5 Å². The van der Waals surface area contributed by atoms with Gasteiger partial charge >= 0.3 is 5.97 Å². The number of nitrogens with zero attached hydrogens (tertiary/aromatic N) is 2. The van der Waals surface area contributed by atoms with Crippen molar-refractivity contribution >= 4 is 45.6 Å². The minimum atomic E-state index is -0.548. The first-order valence-electron chi connectivity index (χ1n) is 11.3. The lowest BCUT2D eigenvalue weighted by atomic mass is 10.2. The Bertz CT molecular complexity index is 1360. The summed E-state index contributed by atoms with van der Waals surface area (Å²) in [6.07, 6.45) is 1.90. The fourth-order valence-corrected chi connectivity index (χ4v) is 3.60. The zero-order chi connectivity index (χ0) is 27.5. The van der Waals surface area contributed by atoms with E-state index >= 15 is 0 Å². The van der Waals surface area contributed by atoms with Crippen molar-refractivity contribution in [2.45, 2.75) is 12.8 Å². The zero-order valence-electron chi connectivity index (χ0n) is 20.2. The second kappa shape index (κ2) is 13.7. The van der Waals surface area contributed by atoms with Crippen LogP contribution in [0.3, 0.4) is 0 Å². The number of halogens is 1. The number of hydrazone groups is 1. The highest BCUT2D eigenvalue weighted by Crippen LogP contribution is 2.29. The van der Waals surface area contributed by atoms with Gasteiger partial charge in [0.15, 0.2) is 11.5 Å². The number of carbonyl (C=O) groups is 3. The Hall–Kier alpha value is -4.58. The molecule has 3 rings (SSSR count). The van der Waals surface area contributed by atoms with Crippen LogP contribution in [0.2, 0.25) is 0 Å².